The Labute approximate surface area is 258 Å². The lowest BCUT2D eigenvalue weighted by Crippen LogP contribution is -2.57. The molecule has 2 aromatic rings. The maximum atomic E-state index is 15.4. The summed E-state index contributed by atoms with van der Waals surface area (Å²) < 4.78 is 21.0. The smallest absolute Gasteiger partial charge is 0.411 e. The van der Waals surface area contributed by atoms with Crippen molar-refractivity contribution in [2.75, 3.05) is 13.1 Å². The number of hydrogen-bond acceptors (Lipinski definition) is 5. The highest BCUT2D eigenvalue weighted by molar-refractivity contribution is 5.91. The fourth-order valence-electron chi connectivity index (χ4n) is 7.70. The second kappa shape index (κ2) is 12.0. The Hall–Kier alpha value is -3.72. The lowest BCUT2D eigenvalue weighted by molar-refractivity contribution is -0.132. The number of allylic oxidation sites excluding steroid dienone is 1. The number of amides is 3. The van der Waals surface area contributed by atoms with Crippen molar-refractivity contribution in [1.82, 2.24) is 15.1 Å². The Morgan fingerprint density at radius 3 is 2.52 bits per heavy atom. The van der Waals surface area contributed by atoms with Gasteiger partial charge in [0.1, 0.15) is 23.5 Å². The van der Waals surface area contributed by atoms with E-state index in [4.69, 9.17) is 10.5 Å². The van der Waals surface area contributed by atoms with Crippen LogP contribution in [0.15, 0.2) is 54.6 Å². The Balaban J connectivity index is 1.09. The van der Waals surface area contributed by atoms with Crippen LogP contribution in [0.2, 0.25) is 0 Å². The number of likely N-dealkylation sites (tertiary alicyclic amines) is 2. The number of nitrogens with one attached hydrogen (secondary N) is 1. The molecule has 1 saturated carbocycles. The van der Waals surface area contributed by atoms with Gasteiger partial charge in [0, 0.05) is 32.1 Å². The number of piperidine rings is 1. The number of ether oxygens (including phenoxy) is 1. The number of fused-ring (bicyclic) bond motifs is 3. The first kappa shape index (κ1) is 30.3. The van der Waals surface area contributed by atoms with Crippen LogP contribution >= 0.6 is 0 Å². The number of nitrogens with zero attached hydrogens (tertiary/aromatic N) is 2. The second-order valence-corrected chi connectivity index (χ2v) is 14.0. The number of primary amides is 1. The molecule has 1 unspecified atom stereocenters. The van der Waals surface area contributed by atoms with Gasteiger partial charge in [-0.25, -0.2) is 9.18 Å². The number of carbonyl (C=O) groups excluding carboxylic acids is 3. The van der Waals surface area contributed by atoms with E-state index in [1.165, 1.54) is 16.5 Å². The van der Waals surface area contributed by atoms with E-state index >= 15 is 4.39 Å². The minimum Gasteiger partial charge on any atom is -0.444 e. The van der Waals surface area contributed by atoms with Gasteiger partial charge in [0.2, 0.25) is 11.8 Å². The third-order valence-electron chi connectivity index (χ3n) is 9.68. The summed E-state index contributed by atoms with van der Waals surface area (Å²) >= 11 is 0. The minimum atomic E-state index is -1.11. The molecule has 2 aliphatic heterocycles. The molecule has 44 heavy (non-hydrogen) atoms. The monoisotopic (exact) mass is 602 g/mol. The highest BCUT2D eigenvalue weighted by atomic mass is 19.1. The van der Waals surface area contributed by atoms with Gasteiger partial charge in [-0.3, -0.25) is 19.4 Å². The molecule has 3 amide bonds. The summed E-state index contributed by atoms with van der Waals surface area (Å²) in [5.41, 5.74) is 8.61. The van der Waals surface area contributed by atoms with Gasteiger partial charge in [0.05, 0.1) is 0 Å². The molecule has 3 N–H and O–H groups in total. The van der Waals surface area contributed by atoms with Crippen molar-refractivity contribution in [3.63, 3.8) is 0 Å². The van der Waals surface area contributed by atoms with Crippen LogP contribution in [-0.4, -0.2) is 64.5 Å². The third-order valence-corrected chi connectivity index (χ3v) is 9.68. The number of nitrogens with two attached hydrogens (primary N) is 1. The zero-order valence-corrected chi connectivity index (χ0v) is 25.8. The van der Waals surface area contributed by atoms with Crippen molar-refractivity contribution < 1.29 is 23.5 Å². The first-order valence-electron chi connectivity index (χ1n) is 15.8. The number of carbonyl (C=O) groups is 3. The maximum absolute atomic E-state index is 15.4. The molecule has 9 heteroatoms. The fraction of sp³-hybridized carbons (Fsp3) is 0.514. The molecule has 4 aliphatic rings. The molecule has 3 fully saturated rings. The molecule has 2 bridgehead atoms. The lowest BCUT2D eigenvalue weighted by Gasteiger charge is -2.36. The topological polar surface area (TPSA) is 105 Å². The first-order chi connectivity index (χ1) is 20.9. The third kappa shape index (κ3) is 6.39. The average molecular weight is 603 g/mol. The predicted octanol–water partition coefficient (Wildman–Crippen LogP) is 4.66. The lowest BCUT2D eigenvalue weighted by atomic mass is 9.95. The summed E-state index contributed by atoms with van der Waals surface area (Å²) in [6.07, 6.45) is 4.96. The van der Waals surface area contributed by atoms with Crippen molar-refractivity contribution in [2.24, 2.45) is 23.5 Å². The van der Waals surface area contributed by atoms with Crippen LogP contribution in [0.5, 0.6) is 0 Å². The molecule has 8 nitrogen and oxygen atoms in total. The Morgan fingerprint density at radius 2 is 1.84 bits per heavy atom. The normalized spacial score (nSPS) is 26.8. The van der Waals surface area contributed by atoms with Gasteiger partial charge in [-0.2, -0.15) is 0 Å². The van der Waals surface area contributed by atoms with Crippen LogP contribution in [0.3, 0.4) is 0 Å². The van der Waals surface area contributed by atoms with Gasteiger partial charge in [-0.1, -0.05) is 48.5 Å². The standard InChI is InChI=1S/C35H43FN4O4/c1-35(2,3)44-34(43)40-28-12-11-24(15-28)31(40)33(42)38-30(32(37)41)17-23-10-9-22(16-29(23)36)25-13-26-19-39(20-27(26)14-25)18-21-7-5-4-6-8-21/h4-10,13,16,24,26-28,30-31H,11-12,14-15,17-20H2,1-3H3,(H2,37,41)(H,38,42)/t24-,26-,27?,28+,30-,31-/m0/s1. The molecule has 234 valence electrons. The molecular weight excluding hydrogens is 559 g/mol. The molecule has 0 radical (unpaired) electrons. The first-order valence-corrected chi connectivity index (χ1v) is 15.8. The molecule has 2 saturated heterocycles. The molecule has 6 rings (SSSR count). The van der Waals surface area contributed by atoms with Crippen LogP contribution in [0.25, 0.3) is 5.57 Å². The quantitative estimate of drug-likeness (QED) is 0.457. The molecule has 2 aliphatic carbocycles. The summed E-state index contributed by atoms with van der Waals surface area (Å²) in [4.78, 5) is 42.9. The molecule has 2 aromatic carbocycles. The van der Waals surface area contributed by atoms with Crippen LogP contribution < -0.4 is 11.1 Å². The Bertz CT molecular complexity index is 1450. The number of halogens is 1. The summed E-state index contributed by atoms with van der Waals surface area (Å²) in [6, 6.07) is 13.7. The van der Waals surface area contributed by atoms with E-state index in [2.05, 4.69) is 40.6 Å². The summed E-state index contributed by atoms with van der Waals surface area (Å²) in [6.45, 7) is 8.32. The van der Waals surface area contributed by atoms with Gasteiger partial charge >= 0.3 is 6.09 Å². The van der Waals surface area contributed by atoms with Crippen LogP contribution in [0, 0.1) is 23.6 Å². The summed E-state index contributed by atoms with van der Waals surface area (Å²) in [5.74, 6) is -0.661. The van der Waals surface area contributed by atoms with E-state index in [1.807, 2.05) is 12.1 Å². The second-order valence-electron chi connectivity index (χ2n) is 14.0. The van der Waals surface area contributed by atoms with E-state index in [0.717, 1.165) is 56.5 Å². The highest BCUT2D eigenvalue weighted by Crippen LogP contribution is 2.44. The molecule has 0 spiro atoms. The number of hydrogen-bond donors (Lipinski definition) is 2. The van der Waals surface area contributed by atoms with Crippen molar-refractivity contribution in [3.05, 3.63) is 77.1 Å². The summed E-state index contributed by atoms with van der Waals surface area (Å²) in [7, 11) is 0. The Morgan fingerprint density at radius 1 is 1.07 bits per heavy atom. The molecule has 0 aromatic heterocycles. The maximum Gasteiger partial charge on any atom is 0.411 e. The van der Waals surface area contributed by atoms with Crippen molar-refractivity contribution in [1.29, 1.82) is 0 Å². The minimum absolute atomic E-state index is 0.0123. The number of rotatable bonds is 8. The van der Waals surface area contributed by atoms with Crippen LogP contribution in [0.1, 0.15) is 63.1 Å². The van der Waals surface area contributed by atoms with E-state index in [9.17, 15) is 14.4 Å². The fourth-order valence-corrected chi connectivity index (χ4v) is 7.70. The van der Waals surface area contributed by atoms with E-state index in [0.29, 0.717) is 17.4 Å². The van der Waals surface area contributed by atoms with E-state index in [1.54, 1.807) is 26.8 Å². The SMILES string of the molecule is CC(C)(C)OC(=O)N1[C@@H]2CC[C@@H](C2)[C@H]1C(=O)N[C@@H](Cc1ccc(C2=C[C@H]3CN(Cc4ccccc4)CC3C2)cc1F)C(N)=O. The molecule has 6 atom stereocenters. The predicted molar refractivity (Wildman–Crippen MR) is 166 cm³/mol. The van der Waals surface area contributed by atoms with Crippen LogP contribution in [0.4, 0.5) is 9.18 Å². The Kier molecular flexibility index (Phi) is 8.26. The summed E-state index contributed by atoms with van der Waals surface area (Å²) in [5, 5.41) is 2.74. The largest absolute Gasteiger partial charge is 0.444 e. The van der Waals surface area contributed by atoms with Crippen molar-refractivity contribution in [2.45, 2.75) is 83.1 Å². The zero-order valence-electron chi connectivity index (χ0n) is 25.8. The van der Waals surface area contributed by atoms with E-state index < -0.39 is 41.4 Å². The van der Waals surface area contributed by atoms with Gasteiger partial charge < -0.3 is 15.8 Å². The number of benzene rings is 2. The van der Waals surface area contributed by atoms with Crippen molar-refractivity contribution >= 4 is 23.5 Å². The van der Waals surface area contributed by atoms with Gasteiger partial charge in [-0.15, -0.1) is 0 Å². The average Bonchev–Trinajstić information content (AvgIpc) is 3.74. The zero-order chi connectivity index (χ0) is 31.2. The van der Waals surface area contributed by atoms with Crippen molar-refractivity contribution in [3.8, 4) is 0 Å². The van der Waals surface area contributed by atoms with Crippen LogP contribution in [-0.2, 0) is 27.3 Å². The van der Waals surface area contributed by atoms with Gasteiger partial charge in [-0.05, 0) is 92.5 Å². The molecular formula is C35H43FN4O4. The van der Waals surface area contributed by atoms with Gasteiger partial charge in [0.25, 0.3) is 0 Å². The highest BCUT2D eigenvalue weighted by Gasteiger charge is 2.53. The molecule has 2 heterocycles. The van der Waals surface area contributed by atoms with E-state index in [-0.39, 0.29) is 18.4 Å². The van der Waals surface area contributed by atoms with Gasteiger partial charge in [0.15, 0.2) is 0 Å².